The lowest BCUT2D eigenvalue weighted by Gasteiger charge is -2.26. The summed E-state index contributed by atoms with van der Waals surface area (Å²) in [7, 11) is 0. The molecule has 32 heavy (non-hydrogen) atoms. The quantitative estimate of drug-likeness (QED) is 0.297. The Balaban J connectivity index is 2.23. The van der Waals surface area contributed by atoms with Gasteiger partial charge in [0.2, 0.25) is 12.3 Å². The van der Waals surface area contributed by atoms with Crippen molar-refractivity contribution in [3.8, 4) is 0 Å². The first kappa shape index (κ1) is 26.0. The van der Waals surface area contributed by atoms with E-state index in [9.17, 15) is 19.1 Å². The second kappa shape index (κ2) is 12.7. The Bertz CT molecular complexity index is 932. The highest BCUT2D eigenvalue weighted by Gasteiger charge is 2.26. The molecule has 2 rings (SSSR count). The van der Waals surface area contributed by atoms with Crippen molar-refractivity contribution in [3.63, 3.8) is 0 Å². The Kier molecular flexibility index (Phi) is 10.3. The number of aliphatic hydroxyl groups is 2. The van der Waals surface area contributed by atoms with Gasteiger partial charge >= 0.3 is 0 Å². The Morgan fingerprint density at radius 1 is 1.25 bits per heavy atom. The molecule has 5 N–H and O–H groups in total. The van der Waals surface area contributed by atoms with Gasteiger partial charge in [0.05, 0.1) is 23.8 Å². The maximum atomic E-state index is 14.0. The molecule has 2 aromatic carbocycles. The second-order valence-electron chi connectivity index (χ2n) is 7.30. The van der Waals surface area contributed by atoms with Crippen LogP contribution in [0.1, 0.15) is 30.4 Å². The van der Waals surface area contributed by atoms with Crippen molar-refractivity contribution < 1.29 is 24.2 Å². The zero-order chi connectivity index (χ0) is 23.7. The number of amides is 2. The normalized spacial score (nSPS) is 13.8. The maximum Gasteiger partial charge on any atom is 0.237 e. The van der Waals surface area contributed by atoms with E-state index in [0.717, 1.165) is 5.56 Å². The van der Waals surface area contributed by atoms with Crippen molar-refractivity contribution in [2.75, 3.05) is 18.5 Å². The summed E-state index contributed by atoms with van der Waals surface area (Å²) in [5, 5.41) is 27.2. The fourth-order valence-corrected chi connectivity index (χ4v) is 3.56. The molecule has 0 aliphatic heterocycles. The van der Waals surface area contributed by atoms with Crippen LogP contribution >= 0.6 is 23.2 Å². The average molecular weight is 486 g/mol. The van der Waals surface area contributed by atoms with E-state index in [2.05, 4.69) is 16.0 Å². The minimum atomic E-state index is -0.930. The molecule has 0 saturated carbocycles. The van der Waals surface area contributed by atoms with E-state index in [0.29, 0.717) is 22.7 Å². The number of carbonyl (C=O) groups excluding carboxylic acids is 2. The monoisotopic (exact) mass is 485 g/mol. The molecule has 7 nitrogen and oxygen atoms in total. The number of nitrogens with one attached hydrogen (secondary N) is 3. The molecule has 10 heteroatoms. The lowest BCUT2D eigenvalue weighted by Crippen LogP contribution is -2.47. The van der Waals surface area contributed by atoms with Crippen molar-refractivity contribution >= 4 is 41.2 Å². The third-order valence-electron chi connectivity index (χ3n) is 5.02. The second-order valence-corrected chi connectivity index (χ2v) is 8.15. The van der Waals surface area contributed by atoms with Crippen LogP contribution in [-0.4, -0.2) is 47.8 Å². The van der Waals surface area contributed by atoms with E-state index in [1.54, 1.807) is 18.2 Å². The van der Waals surface area contributed by atoms with E-state index in [1.807, 2.05) is 13.0 Å². The lowest BCUT2D eigenvalue weighted by atomic mass is 9.92. The summed E-state index contributed by atoms with van der Waals surface area (Å²) in [6.45, 7) is 1.67. The first-order valence-corrected chi connectivity index (χ1v) is 10.8. The molecule has 0 spiro atoms. The van der Waals surface area contributed by atoms with Crippen molar-refractivity contribution in [3.05, 3.63) is 63.4 Å². The van der Waals surface area contributed by atoms with Gasteiger partial charge in [-0.05, 0) is 41.8 Å². The summed E-state index contributed by atoms with van der Waals surface area (Å²) < 4.78 is 14.0. The fourth-order valence-electron chi connectivity index (χ4n) is 3.19. The molecule has 0 saturated heterocycles. The van der Waals surface area contributed by atoms with Gasteiger partial charge in [0, 0.05) is 29.7 Å². The smallest absolute Gasteiger partial charge is 0.237 e. The van der Waals surface area contributed by atoms with Gasteiger partial charge in [-0.25, -0.2) is 4.39 Å². The molecule has 0 radical (unpaired) electrons. The van der Waals surface area contributed by atoms with Gasteiger partial charge in [-0.2, -0.15) is 0 Å². The minimum absolute atomic E-state index is 0.0620. The fraction of sp³-hybridized carbons (Fsp3) is 0.364. The van der Waals surface area contributed by atoms with Crippen LogP contribution in [0.25, 0.3) is 0 Å². The molecule has 174 valence electrons. The Morgan fingerprint density at radius 3 is 2.66 bits per heavy atom. The molecular weight excluding hydrogens is 460 g/mol. The van der Waals surface area contributed by atoms with Crippen LogP contribution in [0.2, 0.25) is 10.0 Å². The summed E-state index contributed by atoms with van der Waals surface area (Å²) >= 11 is 11.9. The molecule has 0 bridgehead atoms. The topological polar surface area (TPSA) is 111 Å². The Labute approximate surface area is 195 Å². The van der Waals surface area contributed by atoms with E-state index in [-0.39, 0.29) is 36.4 Å². The van der Waals surface area contributed by atoms with Crippen molar-refractivity contribution in [1.29, 1.82) is 0 Å². The molecule has 3 atom stereocenters. The zero-order valence-electron chi connectivity index (χ0n) is 17.4. The predicted molar refractivity (Wildman–Crippen MR) is 122 cm³/mol. The van der Waals surface area contributed by atoms with Gasteiger partial charge in [0.25, 0.3) is 0 Å². The molecule has 2 amide bonds. The molecule has 0 fully saturated rings. The van der Waals surface area contributed by atoms with Gasteiger partial charge in [-0.3, -0.25) is 9.59 Å². The molecular formula is C22H26Cl2FN3O4. The molecule has 0 aromatic heterocycles. The van der Waals surface area contributed by atoms with Crippen LogP contribution in [0.5, 0.6) is 0 Å². The number of rotatable bonds is 12. The van der Waals surface area contributed by atoms with E-state index >= 15 is 0 Å². The van der Waals surface area contributed by atoms with E-state index in [4.69, 9.17) is 28.3 Å². The summed E-state index contributed by atoms with van der Waals surface area (Å²) in [6.07, 6.45) is -0.282. The number of benzene rings is 2. The number of hydrogen-bond acceptors (Lipinski definition) is 5. The summed E-state index contributed by atoms with van der Waals surface area (Å²) in [6, 6.07) is 8.85. The lowest BCUT2D eigenvalue weighted by molar-refractivity contribution is -0.123. The number of halogens is 3. The van der Waals surface area contributed by atoms with Gasteiger partial charge < -0.3 is 26.2 Å². The first-order chi connectivity index (χ1) is 15.3. The number of hydrogen-bond donors (Lipinski definition) is 5. The van der Waals surface area contributed by atoms with Gasteiger partial charge in [0.15, 0.2) is 0 Å². The standard InChI is InChI=1S/C22H26Cl2FN3O4/c1-13(14-3-2-4-16(23)7-14)21(22(32)26-6-5-17(31)11-29)27-10-15-8-19(25)18(24)9-20(15)28-12-30/h2-4,7-9,12-13,17,21,27,29,31H,5-6,10-11H2,1H3,(H,26,32)(H,28,30)/t13?,17?,21-/m1/s1. The predicted octanol–water partition coefficient (Wildman–Crippen LogP) is 2.82. The molecule has 0 aliphatic rings. The minimum Gasteiger partial charge on any atom is -0.394 e. The van der Waals surface area contributed by atoms with Crippen molar-refractivity contribution in [2.24, 2.45) is 0 Å². The molecule has 0 heterocycles. The van der Waals surface area contributed by atoms with Crippen molar-refractivity contribution in [1.82, 2.24) is 10.6 Å². The third kappa shape index (κ3) is 7.43. The molecule has 2 aromatic rings. The van der Waals surface area contributed by atoms with Crippen LogP contribution in [0.15, 0.2) is 36.4 Å². The SMILES string of the molecule is CC(c1cccc(Cl)c1)[C@@H](NCc1cc(F)c(Cl)cc1NC=O)C(=O)NCCC(O)CO. The van der Waals surface area contributed by atoms with Gasteiger partial charge in [-0.15, -0.1) is 0 Å². The van der Waals surface area contributed by atoms with E-state index < -0.39 is 24.6 Å². The van der Waals surface area contributed by atoms with Crippen LogP contribution < -0.4 is 16.0 Å². The highest BCUT2D eigenvalue weighted by Crippen LogP contribution is 2.26. The Hall–Kier alpha value is -2.23. The van der Waals surface area contributed by atoms with Crippen LogP contribution in [0.3, 0.4) is 0 Å². The summed E-state index contributed by atoms with van der Waals surface area (Å²) in [5.74, 6) is -1.32. The Morgan fingerprint density at radius 2 is 2.00 bits per heavy atom. The van der Waals surface area contributed by atoms with Crippen LogP contribution in [-0.2, 0) is 16.1 Å². The average Bonchev–Trinajstić information content (AvgIpc) is 2.76. The largest absolute Gasteiger partial charge is 0.394 e. The summed E-state index contributed by atoms with van der Waals surface area (Å²) in [4.78, 5) is 23.9. The van der Waals surface area contributed by atoms with E-state index in [1.165, 1.54) is 12.1 Å². The highest BCUT2D eigenvalue weighted by molar-refractivity contribution is 6.31. The highest BCUT2D eigenvalue weighted by atomic mass is 35.5. The van der Waals surface area contributed by atoms with Gasteiger partial charge in [0.1, 0.15) is 5.82 Å². The zero-order valence-corrected chi connectivity index (χ0v) is 19.0. The van der Waals surface area contributed by atoms with Crippen molar-refractivity contribution in [2.45, 2.75) is 38.0 Å². The number of carbonyl (C=O) groups is 2. The molecule has 0 aliphatic carbocycles. The first-order valence-electron chi connectivity index (χ1n) is 10.00. The number of anilines is 1. The van der Waals surface area contributed by atoms with Crippen LogP contribution in [0, 0.1) is 5.82 Å². The summed E-state index contributed by atoms with van der Waals surface area (Å²) in [5.41, 5.74) is 1.54. The third-order valence-corrected chi connectivity index (χ3v) is 5.54. The van der Waals surface area contributed by atoms with Gasteiger partial charge in [-0.1, -0.05) is 42.3 Å². The number of aliphatic hydroxyl groups excluding tert-OH is 2. The van der Waals surface area contributed by atoms with Crippen LogP contribution in [0.4, 0.5) is 10.1 Å². The molecule has 2 unspecified atom stereocenters. The maximum absolute atomic E-state index is 14.0.